The average molecular weight is 708 g/mol. The Kier molecular flexibility index (Phi) is 11.5. The van der Waals surface area contributed by atoms with Gasteiger partial charge in [0.15, 0.2) is 5.60 Å². The molecular formula is C37H46ClN5O7. The standard InChI is InChI=1S/C37H46ClN5O7/c1-5-10-27(30(44)33(46)39-26-15-16-26)40-32(45)29-21-37(20-28(42-50-37)24-13-9-14-25(38)19-24)22-43(29)34(47)31(36(2,3)4)41-35(48)49-18-17-23-11-7-6-8-12-23/h6-9,11-14,19,26-27,29,31H,5,10,15-18,20-22H2,1-4H3,(H,39,46)(H,40,45)(H,41,48)/t27-,29-,31+,37+/m0/s1. The van der Waals surface area contributed by atoms with E-state index >= 15 is 0 Å². The van der Waals surface area contributed by atoms with Crippen LogP contribution in [0.4, 0.5) is 4.79 Å². The molecule has 4 amide bonds. The average Bonchev–Trinajstić information content (AvgIpc) is 3.67. The molecule has 1 saturated heterocycles. The van der Waals surface area contributed by atoms with Crippen molar-refractivity contribution in [1.29, 1.82) is 0 Å². The highest BCUT2D eigenvalue weighted by Crippen LogP contribution is 2.40. The minimum absolute atomic E-state index is 0.0106. The number of hydrogen-bond donors (Lipinski definition) is 3. The van der Waals surface area contributed by atoms with Crippen LogP contribution in [-0.4, -0.2) is 83.1 Å². The molecule has 2 aromatic rings. The summed E-state index contributed by atoms with van der Waals surface area (Å²) in [5.74, 6) is -2.57. The number of carbonyl (C=O) groups excluding carboxylic acids is 5. The molecule has 0 bridgehead atoms. The van der Waals surface area contributed by atoms with Gasteiger partial charge in [-0.2, -0.15) is 0 Å². The summed E-state index contributed by atoms with van der Waals surface area (Å²) >= 11 is 6.24. The first-order valence-electron chi connectivity index (χ1n) is 17.2. The van der Waals surface area contributed by atoms with Crippen molar-refractivity contribution in [2.45, 2.75) is 102 Å². The molecule has 1 aliphatic carbocycles. The largest absolute Gasteiger partial charge is 0.449 e. The molecule has 5 rings (SSSR count). The molecular weight excluding hydrogens is 662 g/mol. The third kappa shape index (κ3) is 9.21. The Bertz CT molecular complexity index is 1620. The van der Waals surface area contributed by atoms with Gasteiger partial charge in [-0.25, -0.2) is 4.79 Å². The third-order valence-electron chi connectivity index (χ3n) is 9.17. The summed E-state index contributed by atoms with van der Waals surface area (Å²) < 4.78 is 5.46. The number of oxime groups is 1. The van der Waals surface area contributed by atoms with Crippen LogP contribution in [0.2, 0.25) is 5.02 Å². The third-order valence-corrected chi connectivity index (χ3v) is 9.41. The second-order valence-corrected chi connectivity index (χ2v) is 14.9. The molecule has 3 aliphatic rings. The van der Waals surface area contributed by atoms with Crippen LogP contribution in [0.25, 0.3) is 0 Å². The fourth-order valence-electron chi connectivity index (χ4n) is 6.30. The number of rotatable bonds is 13. The minimum Gasteiger partial charge on any atom is -0.449 e. The number of amides is 4. The summed E-state index contributed by atoms with van der Waals surface area (Å²) in [6.07, 6.45) is 2.50. The number of likely N-dealkylation sites (tertiary alicyclic amines) is 1. The van der Waals surface area contributed by atoms with E-state index in [-0.39, 0.29) is 38.5 Å². The lowest BCUT2D eigenvalue weighted by Crippen LogP contribution is -2.59. The lowest BCUT2D eigenvalue weighted by Gasteiger charge is -2.35. The van der Waals surface area contributed by atoms with Gasteiger partial charge in [-0.1, -0.05) is 93.3 Å². The van der Waals surface area contributed by atoms with E-state index in [0.717, 1.165) is 24.0 Å². The van der Waals surface area contributed by atoms with Crippen LogP contribution in [0.3, 0.4) is 0 Å². The predicted octanol–water partition coefficient (Wildman–Crippen LogP) is 4.32. The molecule has 4 atom stereocenters. The Morgan fingerprint density at radius 2 is 1.80 bits per heavy atom. The van der Waals surface area contributed by atoms with Crippen molar-refractivity contribution >= 4 is 46.9 Å². The molecule has 268 valence electrons. The molecule has 12 nitrogen and oxygen atoms in total. The number of Topliss-reactive ketones (excluding diaryl/α,β-unsaturated/α-hetero) is 1. The maximum atomic E-state index is 14.5. The maximum absolute atomic E-state index is 14.5. The Morgan fingerprint density at radius 1 is 1.06 bits per heavy atom. The molecule has 50 heavy (non-hydrogen) atoms. The van der Waals surface area contributed by atoms with Gasteiger partial charge in [-0.05, 0) is 42.4 Å². The van der Waals surface area contributed by atoms with E-state index in [1.165, 1.54) is 4.90 Å². The molecule has 13 heteroatoms. The molecule has 2 aromatic carbocycles. The van der Waals surface area contributed by atoms with Crippen LogP contribution in [0.15, 0.2) is 59.8 Å². The second kappa shape index (κ2) is 15.6. The summed E-state index contributed by atoms with van der Waals surface area (Å²) in [6.45, 7) is 7.37. The number of hydrogen-bond acceptors (Lipinski definition) is 8. The van der Waals surface area contributed by atoms with Crippen molar-refractivity contribution in [2.24, 2.45) is 10.6 Å². The fourth-order valence-corrected chi connectivity index (χ4v) is 6.49. The zero-order valence-electron chi connectivity index (χ0n) is 29.0. The zero-order chi connectivity index (χ0) is 36.1. The van der Waals surface area contributed by atoms with Crippen LogP contribution in [0.5, 0.6) is 0 Å². The van der Waals surface area contributed by atoms with Crippen molar-refractivity contribution in [3.63, 3.8) is 0 Å². The number of nitrogens with one attached hydrogen (secondary N) is 3. The van der Waals surface area contributed by atoms with Gasteiger partial charge in [0.1, 0.15) is 12.1 Å². The van der Waals surface area contributed by atoms with E-state index in [4.69, 9.17) is 21.2 Å². The lowest BCUT2D eigenvalue weighted by atomic mass is 9.85. The summed E-state index contributed by atoms with van der Waals surface area (Å²) in [6, 6.07) is 13.5. The second-order valence-electron chi connectivity index (χ2n) is 14.5. The molecule has 2 aliphatic heterocycles. The molecule has 1 saturated carbocycles. The van der Waals surface area contributed by atoms with Gasteiger partial charge in [0.2, 0.25) is 17.6 Å². The quantitative estimate of drug-likeness (QED) is 0.262. The first-order valence-corrected chi connectivity index (χ1v) is 17.6. The Labute approximate surface area is 297 Å². The monoisotopic (exact) mass is 707 g/mol. The van der Waals surface area contributed by atoms with Crippen molar-refractivity contribution in [2.75, 3.05) is 13.2 Å². The highest BCUT2D eigenvalue weighted by atomic mass is 35.5. The molecule has 2 fully saturated rings. The van der Waals surface area contributed by atoms with Crippen molar-refractivity contribution in [3.05, 3.63) is 70.7 Å². The minimum atomic E-state index is -1.09. The normalized spacial score (nSPS) is 21.1. The number of ether oxygens (including phenoxy) is 1. The highest BCUT2D eigenvalue weighted by molar-refractivity contribution is 6.38. The zero-order valence-corrected chi connectivity index (χ0v) is 29.8. The molecule has 1 spiro atoms. The van der Waals surface area contributed by atoms with Crippen molar-refractivity contribution < 1.29 is 33.5 Å². The Hall–Kier alpha value is -4.45. The van der Waals surface area contributed by atoms with E-state index in [1.807, 2.05) is 64.1 Å². The summed E-state index contributed by atoms with van der Waals surface area (Å²) in [5, 5.41) is 13.1. The summed E-state index contributed by atoms with van der Waals surface area (Å²) in [7, 11) is 0. The fraction of sp³-hybridized carbons (Fsp3) is 0.514. The Morgan fingerprint density at radius 3 is 2.46 bits per heavy atom. The molecule has 2 heterocycles. The Balaban J connectivity index is 1.35. The number of ketones is 1. The predicted molar refractivity (Wildman–Crippen MR) is 187 cm³/mol. The molecule has 0 unspecified atom stereocenters. The molecule has 0 aromatic heterocycles. The van der Waals surface area contributed by atoms with Gasteiger partial charge < -0.3 is 30.4 Å². The number of alkyl carbamates (subject to hydrolysis) is 1. The van der Waals surface area contributed by atoms with Gasteiger partial charge >= 0.3 is 6.09 Å². The number of halogens is 1. The summed E-state index contributed by atoms with van der Waals surface area (Å²) in [5.41, 5.74) is 0.530. The van der Waals surface area contributed by atoms with Crippen LogP contribution in [0, 0.1) is 5.41 Å². The van der Waals surface area contributed by atoms with Gasteiger partial charge in [0.25, 0.3) is 5.91 Å². The van der Waals surface area contributed by atoms with Gasteiger partial charge in [0.05, 0.1) is 24.9 Å². The molecule has 0 radical (unpaired) electrons. The van der Waals surface area contributed by atoms with Crippen LogP contribution >= 0.6 is 11.6 Å². The highest BCUT2D eigenvalue weighted by Gasteiger charge is 2.55. The smallest absolute Gasteiger partial charge is 0.407 e. The van der Waals surface area contributed by atoms with Crippen molar-refractivity contribution in [3.8, 4) is 0 Å². The first kappa shape index (κ1) is 36.8. The number of carbonyl (C=O) groups is 5. The van der Waals surface area contributed by atoms with E-state index in [0.29, 0.717) is 23.6 Å². The van der Waals surface area contributed by atoms with E-state index in [1.54, 1.807) is 18.2 Å². The van der Waals surface area contributed by atoms with Gasteiger partial charge in [-0.15, -0.1) is 0 Å². The van der Waals surface area contributed by atoms with Crippen LogP contribution in [0.1, 0.15) is 77.3 Å². The first-order chi connectivity index (χ1) is 23.8. The van der Waals surface area contributed by atoms with E-state index in [2.05, 4.69) is 21.1 Å². The van der Waals surface area contributed by atoms with E-state index < -0.39 is 58.7 Å². The van der Waals surface area contributed by atoms with Crippen LogP contribution < -0.4 is 16.0 Å². The van der Waals surface area contributed by atoms with Crippen LogP contribution in [-0.2, 0) is 35.2 Å². The number of benzene rings is 2. The van der Waals surface area contributed by atoms with Gasteiger partial charge in [0, 0.05) is 35.9 Å². The maximum Gasteiger partial charge on any atom is 0.407 e. The SMILES string of the molecule is CCC[C@H](NC(=O)[C@@H]1C[C@]2(CC(c3cccc(Cl)c3)=NO2)CN1C(=O)[C@@H](NC(=O)OCCc1ccccc1)C(C)(C)C)C(=O)C(=O)NC1CC1. The van der Waals surface area contributed by atoms with E-state index in [9.17, 15) is 24.0 Å². The number of nitrogens with zero attached hydrogens (tertiary/aromatic N) is 2. The van der Waals surface area contributed by atoms with Crippen molar-refractivity contribution in [1.82, 2.24) is 20.9 Å². The molecule has 3 N–H and O–H groups in total. The lowest BCUT2D eigenvalue weighted by molar-refractivity contribution is -0.144. The van der Waals surface area contributed by atoms with Gasteiger partial charge in [-0.3, -0.25) is 19.2 Å². The topological polar surface area (TPSA) is 156 Å². The summed E-state index contributed by atoms with van der Waals surface area (Å²) in [4.78, 5) is 74.9.